The van der Waals surface area contributed by atoms with Crippen LogP contribution in [0, 0.1) is 0 Å². The molecule has 0 spiro atoms. The van der Waals surface area contributed by atoms with Gasteiger partial charge in [0, 0.05) is 19.3 Å². The number of hydrogen-bond acceptors (Lipinski definition) is 2. The van der Waals surface area contributed by atoms with Gasteiger partial charge in [-0.05, 0) is 50.0 Å². The number of nitrogens with zero attached hydrogens (tertiary/aromatic N) is 1. The second-order valence-electron chi connectivity index (χ2n) is 4.29. The van der Waals surface area contributed by atoms with E-state index in [1.54, 1.807) is 11.1 Å². The Kier molecular flexibility index (Phi) is 3.27. The van der Waals surface area contributed by atoms with Gasteiger partial charge >= 0.3 is 0 Å². The van der Waals surface area contributed by atoms with E-state index in [0.717, 1.165) is 6.54 Å². The van der Waals surface area contributed by atoms with Crippen LogP contribution in [0.2, 0.25) is 0 Å². The summed E-state index contributed by atoms with van der Waals surface area (Å²) in [6, 6.07) is 6.72. The Balaban J connectivity index is 2.12. The molecule has 2 rings (SSSR count). The number of rotatable bonds is 4. The van der Waals surface area contributed by atoms with E-state index >= 15 is 0 Å². The maximum absolute atomic E-state index is 3.20. The molecule has 0 atom stereocenters. The third-order valence-electron chi connectivity index (χ3n) is 3.23. The molecule has 0 bridgehead atoms. The molecule has 1 aliphatic heterocycles. The van der Waals surface area contributed by atoms with E-state index in [-0.39, 0.29) is 0 Å². The van der Waals surface area contributed by atoms with Gasteiger partial charge < -0.3 is 10.2 Å². The van der Waals surface area contributed by atoms with Gasteiger partial charge in [0.05, 0.1) is 0 Å². The Morgan fingerprint density at radius 2 is 2.27 bits per heavy atom. The number of fused-ring (bicyclic) bond motifs is 1. The van der Waals surface area contributed by atoms with Gasteiger partial charge in [-0.2, -0.15) is 0 Å². The van der Waals surface area contributed by atoms with Crippen LogP contribution in [0.25, 0.3) is 0 Å². The monoisotopic (exact) mass is 204 g/mol. The summed E-state index contributed by atoms with van der Waals surface area (Å²) in [5.74, 6) is 0. The molecule has 15 heavy (non-hydrogen) atoms. The first kappa shape index (κ1) is 10.5. The third-order valence-corrected chi connectivity index (χ3v) is 3.23. The maximum Gasteiger partial charge on any atom is 0.0399 e. The van der Waals surface area contributed by atoms with Crippen LogP contribution in [0.15, 0.2) is 18.2 Å². The van der Waals surface area contributed by atoms with Crippen LogP contribution in [0.4, 0.5) is 5.69 Å². The number of aryl methyl sites for hydroxylation is 1. The van der Waals surface area contributed by atoms with Crippen molar-refractivity contribution < 1.29 is 0 Å². The van der Waals surface area contributed by atoms with E-state index in [4.69, 9.17) is 0 Å². The van der Waals surface area contributed by atoms with Crippen LogP contribution in [-0.4, -0.2) is 27.2 Å². The van der Waals surface area contributed by atoms with E-state index in [1.807, 2.05) is 7.05 Å². The van der Waals surface area contributed by atoms with Crippen LogP contribution in [0.1, 0.15) is 17.5 Å². The predicted octanol–water partition coefficient (Wildman–Crippen LogP) is 1.83. The summed E-state index contributed by atoms with van der Waals surface area (Å²) < 4.78 is 0. The highest BCUT2D eigenvalue weighted by Gasteiger charge is 2.17. The summed E-state index contributed by atoms with van der Waals surface area (Å²) in [5, 5.41) is 3.20. The standard InChI is InChI=1S/C13H20N2/c1-14-9-4-6-11-5-3-7-13-12(11)8-10-15(13)2/h3,5,7,14H,4,6,8-10H2,1-2H3. The Morgan fingerprint density at radius 1 is 1.40 bits per heavy atom. The number of likely N-dealkylation sites (N-methyl/N-ethyl adjacent to an activating group) is 1. The topological polar surface area (TPSA) is 15.3 Å². The highest BCUT2D eigenvalue weighted by Crippen LogP contribution is 2.29. The molecule has 82 valence electrons. The number of benzene rings is 1. The average Bonchev–Trinajstić information content (AvgIpc) is 2.62. The lowest BCUT2D eigenvalue weighted by molar-refractivity contribution is 0.722. The van der Waals surface area contributed by atoms with Crippen LogP contribution < -0.4 is 10.2 Å². The predicted molar refractivity (Wildman–Crippen MR) is 65.7 cm³/mol. The van der Waals surface area contributed by atoms with Crippen LogP contribution in [0.5, 0.6) is 0 Å². The Hall–Kier alpha value is -1.02. The minimum Gasteiger partial charge on any atom is -0.374 e. The SMILES string of the molecule is CNCCCc1cccc2c1CCN2C. The number of anilines is 1. The smallest absolute Gasteiger partial charge is 0.0399 e. The lowest BCUT2D eigenvalue weighted by Crippen LogP contribution is -2.12. The van der Waals surface area contributed by atoms with E-state index in [9.17, 15) is 0 Å². The minimum absolute atomic E-state index is 1.11. The van der Waals surface area contributed by atoms with Crippen molar-refractivity contribution in [3.8, 4) is 0 Å². The molecule has 0 saturated carbocycles. The van der Waals surface area contributed by atoms with Crippen molar-refractivity contribution in [2.24, 2.45) is 0 Å². The fraction of sp³-hybridized carbons (Fsp3) is 0.538. The molecule has 1 aromatic carbocycles. The van der Waals surface area contributed by atoms with Crippen molar-refractivity contribution in [1.82, 2.24) is 5.32 Å². The van der Waals surface area contributed by atoms with Gasteiger partial charge in [-0.3, -0.25) is 0 Å². The molecule has 1 N–H and O–H groups in total. The molecule has 0 unspecified atom stereocenters. The Morgan fingerprint density at radius 3 is 3.07 bits per heavy atom. The lowest BCUT2D eigenvalue weighted by atomic mass is 10.0. The lowest BCUT2D eigenvalue weighted by Gasteiger charge is -2.13. The van der Waals surface area contributed by atoms with Gasteiger partial charge in [0.15, 0.2) is 0 Å². The van der Waals surface area contributed by atoms with Gasteiger partial charge in [-0.15, -0.1) is 0 Å². The molecule has 2 heteroatoms. The van der Waals surface area contributed by atoms with Gasteiger partial charge in [0.25, 0.3) is 0 Å². The molecule has 1 heterocycles. The van der Waals surface area contributed by atoms with Crippen molar-refractivity contribution in [3.63, 3.8) is 0 Å². The summed E-state index contributed by atoms with van der Waals surface area (Å²) in [6.07, 6.45) is 3.66. The minimum atomic E-state index is 1.11. The van der Waals surface area contributed by atoms with Crippen molar-refractivity contribution in [2.45, 2.75) is 19.3 Å². The summed E-state index contributed by atoms with van der Waals surface area (Å²) in [4.78, 5) is 2.36. The fourth-order valence-corrected chi connectivity index (χ4v) is 2.36. The second kappa shape index (κ2) is 4.67. The van der Waals surface area contributed by atoms with Crippen LogP contribution >= 0.6 is 0 Å². The van der Waals surface area contributed by atoms with Gasteiger partial charge in [-0.25, -0.2) is 0 Å². The summed E-state index contributed by atoms with van der Waals surface area (Å²) in [6.45, 7) is 2.29. The molecule has 0 fully saturated rings. The third kappa shape index (κ3) is 2.15. The number of nitrogens with one attached hydrogen (secondary N) is 1. The maximum atomic E-state index is 3.20. The number of hydrogen-bond donors (Lipinski definition) is 1. The van der Waals surface area contributed by atoms with Gasteiger partial charge in [0.1, 0.15) is 0 Å². The largest absolute Gasteiger partial charge is 0.374 e. The summed E-state index contributed by atoms with van der Waals surface area (Å²) in [7, 11) is 4.20. The molecular formula is C13H20N2. The zero-order valence-electron chi connectivity index (χ0n) is 9.71. The van der Waals surface area contributed by atoms with E-state index in [2.05, 4.69) is 35.5 Å². The highest BCUT2D eigenvalue weighted by atomic mass is 15.1. The van der Waals surface area contributed by atoms with Crippen molar-refractivity contribution in [1.29, 1.82) is 0 Å². The zero-order valence-corrected chi connectivity index (χ0v) is 9.71. The van der Waals surface area contributed by atoms with Crippen LogP contribution in [0.3, 0.4) is 0 Å². The second-order valence-corrected chi connectivity index (χ2v) is 4.29. The summed E-state index contributed by atoms with van der Waals surface area (Å²) in [5.41, 5.74) is 4.57. The Bertz CT molecular complexity index is 333. The Labute approximate surface area is 92.3 Å². The molecule has 0 aromatic heterocycles. The summed E-state index contributed by atoms with van der Waals surface area (Å²) >= 11 is 0. The average molecular weight is 204 g/mol. The quantitative estimate of drug-likeness (QED) is 0.753. The van der Waals surface area contributed by atoms with E-state index in [1.165, 1.54) is 31.5 Å². The molecular weight excluding hydrogens is 184 g/mol. The molecule has 0 aliphatic carbocycles. The molecule has 0 radical (unpaired) electrons. The molecule has 1 aromatic rings. The van der Waals surface area contributed by atoms with Crippen LogP contribution in [-0.2, 0) is 12.8 Å². The normalized spacial score (nSPS) is 14.4. The molecule has 1 aliphatic rings. The fourth-order valence-electron chi connectivity index (χ4n) is 2.36. The van der Waals surface area contributed by atoms with Gasteiger partial charge in [-0.1, -0.05) is 12.1 Å². The first-order valence-electron chi connectivity index (χ1n) is 5.79. The van der Waals surface area contributed by atoms with E-state index in [0.29, 0.717) is 0 Å². The van der Waals surface area contributed by atoms with Gasteiger partial charge in [0.2, 0.25) is 0 Å². The van der Waals surface area contributed by atoms with Crippen molar-refractivity contribution in [2.75, 3.05) is 32.1 Å². The molecule has 0 saturated heterocycles. The first-order valence-corrected chi connectivity index (χ1v) is 5.79. The first-order chi connectivity index (χ1) is 7.33. The highest BCUT2D eigenvalue weighted by molar-refractivity contribution is 5.60. The molecule has 2 nitrogen and oxygen atoms in total. The van der Waals surface area contributed by atoms with Crippen molar-refractivity contribution in [3.05, 3.63) is 29.3 Å². The molecule has 0 amide bonds. The van der Waals surface area contributed by atoms with E-state index < -0.39 is 0 Å². The van der Waals surface area contributed by atoms with Crippen molar-refractivity contribution >= 4 is 5.69 Å². The zero-order chi connectivity index (χ0) is 10.7.